The number of ether oxygens (including phenoxy) is 1. The molecular formula is C24H39NO3. The van der Waals surface area contributed by atoms with E-state index in [1.807, 2.05) is 18.2 Å². The molecule has 0 aliphatic carbocycles. The van der Waals surface area contributed by atoms with E-state index in [-0.39, 0.29) is 17.0 Å². The van der Waals surface area contributed by atoms with Crippen LogP contribution in [0.25, 0.3) is 0 Å². The first-order valence-electron chi connectivity index (χ1n) is 10.6. The maximum atomic E-state index is 11.9. The molecule has 1 saturated heterocycles. The van der Waals surface area contributed by atoms with Crippen LogP contribution in [0.4, 0.5) is 0 Å². The molecule has 1 aromatic rings. The van der Waals surface area contributed by atoms with Crippen LogP contribution in [0.3, 0.4) is 0 Å². The molecule has 4 nitrogen and oxygen atoms in total. The smallest absolute Gasteiger partial charge is 0.305 e. The van der Waals surface area contributed by atoms with Crippen LogP contribution in [0.5, 0.6) is 0 Å². The number of aliphatic hydroxyl groups is 1. The van der Waals surface area contributed by atoms with Crippen LogP contribution >= 0.6 is 0 Å². The molecule has 0 radical (unpaired) electrons. The molecule has 2 rings (SSSR count). The van der Waals surface area contributed by atoms with Crippen molar-refractivity contribution in [3.05, 3.63) is 35.9 Å². The molecule has 1 fully saturated rings. The standard InChI is InChI=1S/C24H39NO3/c1-19(2)12-13-21(26)28-15-14-25-22(3,4)17-24(27,18-23(25,5)6)16-20-10-8-7-9-11-20/h7-11,19,27H,12-18H2,1-6H3. The minimum Gasteiger partial charge on any atom is -0.464 e. The Bertz CT molecular complexity index is 619. The highest BCUT2D eigenvalue weighted by Crippen LogP contribution is 2.44. The summed E-state index contributed by atoms with van der Waals surface area (Å²) in [6, 6.07) is 10.2. The van der Waals surface area contributed by atoms with Crippen molar-refractivity contribution in [2.75, 3.05) is 13.2 Å². The van der Waals surface area contributed by atoms with E-state index in [1.165, 1.54) is 5.56 Å². The van der Waals surface area contributed by atoms with Crippen LogP contribution in [-0.2, 0) is 16.0 Å². The molecule has 0 bridgehead atoms. The maximum absolute atomic E-state index is 11.9. The zero-order valence-electron chi connectivity index (χ0n) is 18.6. The molecular weight excluding hydrogens is 350 g/mol. The fraction of sp³-hybridized carbons (Fsp3) is 0.708. The van der Waals surface area contributed by atoms with E-state index < -0.39 is 5.60 Å². The topological polar surface area (TPSA) is 49.8 Å². The summed E-state index contributed by atoms with van der Waals surface area (Å²) in [5.41, 5.74) is 0.0634. The van der Waals surface area contributed by atoms with Gasteiger partial charge in [0.15, 0.2) is 0 Å². The number of benzene rings is 1. The predicted molar refractivity (Wildman–Crippen MR) is 114 cm³/mol. The molecule has 158 valence electrons. The van der Waals surface area contributed by atoms with Gasteiger partial charge in [0.25, 0.3) is 0 Å². The van der Waals surface area contributed by atoms with Gasteiger partial charge in [0.05, 0.1) is 5.60 Å². The van der Waals surface area contributed by atoms with Crippen molar-refractivity contribution in [2.45, 2.75) is 90.3 Å². The number of likely N-dealkylation sites (tertiary alicyclic amines) is 1. The van der Waals surface area contributed by atoms with Gasteiger partial charge in [-0.15, -0.1) is 0 Å². The van der Waals surface area contributed by atoms with Crippen molar-refractivity contribution < 1.29 is 14.6 Å². The van der Waals surface area contributed by atoms with Gasteiger partial charge in [0.1, 0.15) is 6.61 Å². The summed E-state index contributed by atoms with van der Waals surface area (Å²) in [4.78, 5) is 14.3. The van der Waals surface area contributed by atoms with Crippen molar-refractivity contribution in [3.63, 3.8) is 0 Å². The Balaban J connectivity index is 1.99. The van der Waals surface area contributed by atoms with Crippen LogP contribution in [-0.4, -0.2) is 45.8 Å². The molecule has 0 spiro atoms. The molecule has 28 heavy (non-hydrogen) atoms. The Morgan fingerprint density at radius 3 is 2.21 bits per heavy atom. The van der Waals surface area contributed by atoms with E-state index in [9.17, 15) is 9.90 Å². The molecule has 0 aromatic heterocycles. The molecule has 1 N–H and O–H groups in total. The maximum Gasteiger partial charge on any atom is 0.305 e. The van der Waals surface area contributed by atoms with Gasteiger partial charge >= 0.3 is 5.97 Å². The molecule has 1 aliphatic heterocycles. The fourth-order valence-corrected chi connectivity index (χ4v) is 5.12. The number of esters is 1. The van der Waals surface area contributed by atoms with Gasteiger partial charge in [-0.2, -0.15) is 0 Å². The van der Waals surface area contributed by atoms with E-state index in [1.54, 1.807) is 0 Å². The number of piperidine rings is 1. The number of hydrogen-bond acceptors (Lipinski definition) is 4. The van der Waals surface area contributed by atoms with Gasteiger partial charge in [0, 0.05) is 30.5 Å². The van der Waals surface area contributed by atoms with Gasteiger partial charge in [-0.1, -0.05) is 44.2 Å². The molecule has 0 amide bonds. The third-order valence-electron chi connectivity index (χ3n) is 5.86. The monoisotopic (exact) mass is 389 g/mol. The summed E-state index contributed by atoms with van der Waals surface area (Å²) in [7, 11) is 0. The van der Waals surface area contributed by atoms with Gasteiger partial charge < -0.3 is 9.84 Å². The number of carbonyl (C=O) groups excluding carboxylic acids is 1. The normalized spacial score (nSPS) is 20.9. The van der Waals surface area contributed by atoms with Gasteiger partial charge in [-0.05, 0) is 58.4 Å². The Morgan fingerprint density at radius 2 is 1.68 bits per heavy atom. The van der Waals surface area contributed by atoms with Crippen LogP contribution in [0.2, 0.25) is 0 Å². The summed E-state index contributed by atoms with van der Waals surface area (Å²) in [5, 5.41) is 11.4. The van der Waals surface area contributed by atoms with E-state index in [2.05, 4.69) is 58.6 Å². The lowest BCUT2D eigenvalue weighted by Gasteiger charge is -2.58. The second-order valence-electron chi connectivity index (χ2n) is 10.2. The van der Waals surface area contributed by atoms with Crippen molar-refractivity contribution in [1.29, 1.82) is 0 Å². The van der Waals surface area contributed by atoms with Crippen LogP contribution < -0.4 is 0 Å². The second kappa shape index (κ2) is 8.96. The first-order valence-corrected chi connectivity index (χ1v) is 10.6. The largest absolute Gasteiger partial charge is 0.464 e. The average molecular weight is 390 g/mol. The Hall–Kier alpha value is -1.39. The summed E-state index contributed by atoms with van der Waals surface area (Å²) in [5.74, 6) is 0.400. The first-order chi connectivity index (χ1) is 12.9. The molecule has 0 atom stereocenters. The minimum absolute atomic E-state index is 0.109. The zero-order valence-corrected chi connectivity index (χ0v) is 18.6. The van der Waals surface area contributed by atoms with E-state index in [4.69, 9.17) is 4.74 Å². The number of carbonyl (C=O) groups is 1. The number of rotatable bonds is 8. The highest BCUT2D eigenvalue weighted by molar-refractivity contribution is 5.69. The second-order valence-corrected chi connectivity index (χ2v) is 10.2. The molecule has 1 heterocycles. The first kappa shape index (κ1) is 22.9. The third kappa shape index (κ3) is 6.31. The minimum atomic E-state index is -0.737. The fourth-order valence-electron chi connectivity index (χ4n) is 5.12. The van der Waals surface area contributed by atoms with E-state index in [0.29, 0.717) is 44.8 Å². The summed E-state index contributed by atoms with van der Waals surface area (Å²) < 4.78 is 5.49. The highest BCUT2D eigenvalue weighted by atomic mass is 16.5. The molecule has 0 unspecified atom stereocenters. The Labute approximate surface area is 171 Å². The SMILES string of the molecule is CC(C)CCC(=O)OCCN1C(C)(C)CC(O)(Cc2ccccc2)CC1(C)C. The quantitative estimate of drug-likeness (QED) is 0.661. The Morgan fingerprint density at radius 1 is 1.11 bits per heavy atom. The van der Waals surface area contributed by atoms with Gasteiger partial charge in [-0.3, -0.25) is 9.69 Å². The summed E-state index contributed by atoms with van der Waals surface area (Å²) in [6.07, 6.45) is 3.41. The molecule has 4 heteroatoms. The predicted octanol–water partition coefficient (Wildman–Crippen LogP) is 4.59. The van der Waals surface area contributed by atoms with E-state index in [0.717, 1.165) is 6.42 Å². The zero-order chi connectivity index (χ0) is 21.0. The number of hydrogen-bond donors (Lipinski definition) is 1. The van der Waals surface area contributed by atoms with Crippen molar-refractivity contribution in [1.82, 2.24) is 4.90 Å². The van der Waals surface area contributed by atoms with Gasteiger partial charge in [-0.25, -0.2) is 0 Å². The number of nitrogens with zero attached hydrogens (tertiary/aromatic N) is 1. The van der Waals surface area contributed by atoms with E-state index >= 15 is 0 Å². The van der Waals surface area contributed by atoms with Crippen molar-refractivity contribution in [3.8, 4) is 0 Å². The molecule has 1 aliphatic rings. The molecule has 1 aromatic carbocycles. The lowest BCUT2D eigenvalue weighted by Crippen LogP contribution is -2.66. The average Bonchev–Trinajstić information content (AvgIpc) is 2.54. The van der Waals surface area contributed by atoms with Crippen molar-refractivity contribution in [2.24, 2.45) is 5.92 Å². The summed E-state index contributed by atoms with van der Waals surface area (Å²) >= 11 is 0. The molecule has 0 saturated carbocycles. The highest BCUT2D eigenvalue weighted by Gasteiger charge is 2.51. The lowest BCUT2D eigenvalue weighted by atomic mass is 9.69. The Kier molecular flexibility index (Phi) is 7.33. The van der Waals surface area contributed by atoms with Crippen molar-refractivity contribution >= 4 is 5.97 Å². The van der Waals surface area contributed by atoms with Crippen LogP contribution in [0.1, 0.15) is 72.8 Å². The van der Waals surface area contributed by atoms with Gasteiger partial charge in [0.2, 0.25) is 0 Å². The lowest BCUT2D eigenvalue weighted by molar-refractivity contribution is -0.154. The summed E-state index contributed by atoms with van der Waals surface area (Å²) in [6.45, 7) is 14.1. The van der Waals surface area contributed by atoms with Crippen LogP contribution in [0, 0.1) is 5.92 Å². The third-order valence-corrected chi connectivity index (χ3v) is 5.86. The van der Waals surface area contributed by atoms with Crippen LogP contribution in [0.15, 0.2) is 30.3 Å².